The lowest BCUT2D eigenvalue weighted by Crippen LogP contribution is -2.04. The van der Waals surface area contributed by atoms with Gasteiger partial charge in [0.25, 0.3) is 0 Å². The Morgan fingerprint density at radius 1 is 1.29 bits per heavy atom. The number of aryl methyl sites for hydroxylation is 1. The van der Waals surface area contributed by atoms with Gasteiger partial charge in [0, 0.05) is 11.0 Å². The number of carbonyl (C=O) groups is 1. The number of rotatable bonds is 4. The molecule has 0 aliphatic carbocycles. The summed E-state index contributed by atoms with van der Waals surface area (Å²) in [5, 5.41) is 3.98. The molecule has 0 heterocycles. The standard InChI is InChI=1S/C16H15BrClNO2/c1-10-3-6-14(18)15(7-10)19-9-12-5-4-11(8-13(12)17)16(20)21-2/h3-8,19H,9H2,1-2H3. The summed E-state index contributed by atoms with van der Waals surface area (Å²) in [5.41, 5.74) is 3.57. The summed E-state index contributed by atoms with van der Waals surface area (Å²) in [6, 6.07) is 11.2. The van der Waals surface area contributed by atoms with E-state index in [2.05, 4.69) is 21.2 Å². The SMILES string of the molecule is COC(=O)c1ccc(CNc2cc(C)ccc2Cl)c(Br)c1. The summed E-state index contributed by atoms with van der Waals surface area (Å²) in [7, 11) is 1.37. The molecule has 0 fully saturated rings. The average molecular weight is 369 g/mol. The summed E-state index contributed by atoms with van der Waals surface area (Å²) in [6.07, 6.45) is 0. The van der Waals surface area contributed by atoms with Crippen LogP contribution in [0.1, 0.15) is 21.5 Å². The number of nitrogens with one attached hydrogen (secondary N) is 1. The third-order valence-corrected chi connectivity index (χ3v) is 4.13. The lowest BCUT2D eigenvalue weighted by molar-refractivity contribution is 0.0600. The molecule has 0 aliphatic rings. The van der Waals surface area contributed by atoms with Crippen LogP contribution in [0.2, 0.25) is 5.02 Å². The zero-order chi connectivity index (χ0) is 15.4. The quantitative estimate of drug-likeness (QED) is 0.787. The van der Waals surface area contributed by atoms with Gasteiger partial charge in [-0.15, -0.1) is 0 Å². The summed E-state index contributed by atoms with van der Waals surface area (Å²) < 4.78 is 5.55. The van der Waals surface area contributed by atoms with E-state index in [0.717, 1.165) is 21.3 Å². The largest absolute Gasteiger partial charge is 0.465 e. The third-order valence-electron chi connectivity index (χ3n) is 3.07. The Morgan fingerprint density at radius 2 is 2.05 bits per heavy atom. The van der Waals surface area contributed by atoms with Crippen LogP contribution in [-0.2, 0) is 11.3 Å². The van der Waals surface area contributed by atoms with Gasteiger partial charge in [-0.2, -0.15) is 0 Å². The Labute approximate surface area is 137 Å². The number of anilines is 1. The highest BCUT2D eigenvalue weighted by Crippen LogP contribution is 2.25. The predicted molar refractivity (Wildman–Crippen MR) is 89.0 cm³/mol. The van der Waals surface area contributed by atoms with Gasteiger partial charge in [0.1, 0.15) is 0 Å². The van der Waals surface area contributed by atoms with Crippen molar-refractivity contribution in [2.24, 2.45) is 0 Å². The highest BCUT2D eigenvalue weighted by atomic mass is 79.9. The van der Waals surface area contributed by atoms with Crippen LogP contribution in [0.5, 0.6) is 0 Å². The van der Waals surface area contributed by atoms with Gasteiger partial charge in [0.15, 0.2) is 0 Å². The van der Waals surface area contributed by atoms with Crippen molar-refractivity contribution in [3.63, 3.8) is 0 Å². The van der Waals surface area contributed by atoms with Crippen molar-refractivity contribution >= 4 is 39.2 Å². The molecule has 0 amide bonds. The van der Waals surface area contributed by atoms with Crippen molar-refractivity contribution in [1.82, 2.24) is 0 Å². The van der Waals surface area contributed by atoms with Crippen LogP contribution in [0.4, 0.5) is 5.69 Å². The first-order valence-electron chi connectivity index (χ1n) is 6.38. The molecule has 0 unspecified atom stereocenters. The predicted octanol–water partition coefficient (Wildman–Crippen LogP) is 4.81. The van der Waals surface area contributed by atoms with Crippen molar-refractivity contribution < 1.29 is 9.53 Å². The molecule has 0 spiro atoms. The van der Waals surface area contributed by atoms with E-state index in [1.54, 1.807) is 12.1 Å². The van der Waals surface area contributed by atoms with Crippen LogP contribution < -0.4 is 5.32 Å². The summed E-state index contributed by atoms with van der Waals surface area (Å²) in [6.45, 7) is 2.62. The fourth-order valence-corrected chi connectivity index (χ4v) is 2.60. The second-order valence-electron chi connectivity index (χ2n) is 4.63. The molecule has 0 bridgehead atoms. The van der Waals surface area contributed by atoms with E-state index in [9.17, 15) is 4.79 Å². The molecule has 0 aromatic heterocycles. The maximum Gasteiger partial charge on any atom is 0.337 e. The number of halogens is 2. The average Bonchev–Trinajstić information content (AvgIpc) is 2.48. The molecular weight excluding hydrogens is 354 g/mol. The van der Waals surface area contributed by atoms with Crippen LogP contribution in [0.15, 0.2) is 40.9 Å². The fraction of sp³-hybridized carbons (Fsp3) is 0.188. The Balaban J connectivity index is 2.13. The van der Waals surface area contributed by atoms with Gasteiger partial charge in [-0.1, -0.05) is 39.7 Å². The van der Waals surface area contributed by atoms with E-state index in [1.807, 2.05) is 31.2 Å². The minimum Gasteiger partial charge on any atom is -0.465 e. The first kappa shape index (κ1) is 15.9. The van der Waals surface area contributed by atoms with Crippen LogP contribution >= 0.6 is 27.5 Å². The highest BCUT2D eigenvalue weighted by Gasteiger charge is 2.09. The molecule has 3 nitrogen and oxygen atoms in total. The lowest BCUT2D eigenvalue weighted by Gasteiger charge is -2.11. The molecule has 1 N–H and O–H groups in total. The smallest absolute Gasteiger partial charge is 0.337 e. The molecule has 0 aliphatic heterocycles. The van der Waals surface area contributed by atoms with Crippen LogP contribution in [0.25, 0.3) is 0 Å². The van der Waals surface area contributed by atoms with Crippen molar-refractivity contribution in [1.29, 1.82) is 0 Å². The summed E-state index contributed by atoms with van der Waals surface area (Å²) >= 11 is 9.62. The van der Waals surface area contributed by atoms with E-state index in [4.69, 9.17) is 16.3 Å². The topological polar surface area (TPSA) is 38.3 Å². The van der Waals surface area contributed by atoms with E-state index >= 15 is 0 Å². The molecule has 0 radical (unpaired) electrons. The minimum atomic E-state index is -0.350. The van der Waals surface area contributed by atoms with Gasteiger partial charge < -0.3 is 10.1 Å². The lowest BCUT2D eigenvalue weighted by atomic mass is 10.1. The number of hydrogen-bond donors (Lipinski definition) is 1. The summed E-state index contributed by atoms with van der Waals surface area (Å²) in [4.78, 5) is 11.5. The molecule has 0 saturated carbocycles. The van der Waals surface area contributed by atoms with Gasteiger partial charge in [0.2, 0.25) is 0 Å². The molecule has 5 heteroatoms. The van der Waals surface area contributed by atoms with Crippen LogP contribution in [0, 0.1) is 6.92 Å². The Bertz CT molecular complexity index is 673. The van der Waals surface area contributed by atoms with Crippen molar-refractivity contribution in [3.05, 3.63) is 62.6 Å². The first-order valence-corrected chi connectivity index (χ1v) is 7.55. The van der Waals surface area contributed by atoms with Gasteiger partial charge in [-0.3, -0.25) is 0 Å². The number of ether oxygens (including phenoxy) is 1. The Hall–Kier alpha value is -1.52. The number of methoxy groups -OCH3 is 1. The van der Waals surface area contributed by atoms with E-state index in [1.165, 1.54) is 7.11 Å². The van der Waals surface area contributed by atoms with Crippen molar-refractivity contribution in [2.45, 2.75) is 13.5 Å². The van der Waals surface area contributed by atoms with Gasteiger partial charge >= 0.3 is 5.97 Å². The minimum absolute atomic E-state index is 0.350. The molecule has 2 rings (SSSR count). The number of benzene rings is 2. The summed E-state index contributed by atoms with van der Waals surface area (Å²) in [5.74, 6) is -0.350. The second kappa shape index (κ2) is 6.96. The van der Waals surface area contributed by atoms with E-state index in [-0.39, 0.29) is 5.97 Å². The van der Waals surface area contributed by atoms with Gasteiger partial charge in [-0.05, 0) is 42.3 Å². The molecule has 0 atom stereocenters. The number of carbonyl (C=O) groups excluding carboxylic acids is 1. The molecule has 0 saturated heterocycles. The highest BCUT2D eigenvalue weighted by molar-refractivity contribution is 9.10. The first-order chi connectivity index (χ1) is 10.0. The molecule has 21 heavy (non-hydrogen) atoms. The molecule has 2 aromatic rings. The van der Waals surface area contributed by atoms with Crippen LogP contribution in [-0.4, -0.2) is 13.1 Å². The van der Waals surface area contributed by atoms with Gasteiger partial charge in [0.05, 0.1) is 23.4 Å². The number of esters is 1. The monoisotopic (exact) mass is 367 g/mol. The maximum absolute atomic E-state index is 11.5. The van der Waals surface area contributed by atoms with Crippen molar-refractivity contribution in [2.75, 3.05) is 12.4 Å². The Kier molecular flexibility index (Phi) is 5.26. The molecular formula is C16H15BrClNO2. The fourth-order valence-electron chi connectivity index (χ4n) is 1.90. The van der Waals surface area contributed by atoms with Crippen LogP contribution in [0.3, 0.4) is 0 Å². The second-order valence-corrected chi connectivity index (χ2v) is 5.90. The van der Waals surface area contributed by atoms with E-state index < -0.39 is 0 Å². The molecule has 110 valence electrons. The normalized spacial score (nSPS) is 10.3. The maximum atomic E-state index is 11.5. The third kappa shape index (κ3) is 3.99. The number of hydrogen-bond acceptors (Lipinski definition) is 3. The van der Waals surface area contributed by atoms with Gasteiger partial charge in [-0.25, -0.2) is 4.79 Å². The van der Waals surface area contributed by atoms with E-state index in [0.29, 0.717) is 17.1 Å². The zero-order valence-electron chi connectivity index (χ0n) is 11.7. The zero-order valence-corrected chi connectivity index (χ0v) is 14.1. The molecule has 2 aromatic carbocycles. The van der Waals surface area contributed by atoms with Crippen molar-refractivity contribution in [3.8, 4) is 0 Å². The Morgan fingerprint density at radius 3 is 2.71 bits per heavy atom.